The Morgan fingerprint density at radius 1 is 1.13 bits per heavy atom. The standard InChI is InChI=1S/C21H25F6N7O4/c1-12(30-13-9-29-32-18(36)16(13)21(25,26)27)11-38-8-3-15(35)33-4-6-34(7-5-33)17-19(37-2)31-14(10-28-17)20(22,23)24/h9-10,12H,3-8,11H2,1-2H3,(H2,30,32,36)/t12-/m0/s1. The van der Waals surface area contributed by atoms with Gasteiger partial charge in [-0.15, -0.1) is 0 Å². The molecule has 3 rings (SSSR count). The van der Waals surface area contributed by atoms with E-state index in [0.29, 0.717) is 6.20 Å². The maximum absolute atomic E-state index is 13.1. The Morgan fingerprint density at radius 2 is 1.82 bits per heavy atom. The van der Waals surface area contributed by atoms with Crippen molar-refractivity contribution in [2.24, 2.45) is 0 Å². The number of nitrogens with one attached hydrogen (secondary N) is 2. The Hall–Kier alpha value is -3.63. The van der Waals surface area contributed by atoms with Gasteiger partial charge in [0.15, 0.2) is 11.5 Å². The molecule has 0 saturated carbocycles. The Kier molecular flexibility index (Phi) is 9.01. The summed E-state index contributed by atoms with van der Waals surface area (Å²) in [6.07, 6.45) is -8.05. The lowest BCUT2D eigenvalue weighted by Crippen LogP contribution is -2.49. The molecule has 0 spiro atoms. The topological polar surface area (TPSA) is 126 Å². The molecule has 38 heavy (non-hydrogen) atoms. The van der Waals surface area contributed by atoms with Crippen LogP contribution in [0.4, 0.5) is 37.8 Å². The average Bonchev–Trinajstić information content (AvgIpc) is 2.85. The molecule has 1 aliphatic heterocycles. The van der Waals surface area contributed by atoms with Gasteiger partial charge in [-0.3, -0.25) is 9.59 Å². The molecular weight excluding hydrogens is 528 g/mol. The lowest BCUT2D eigenvalue weighted by Gasteiger charge is -2.35. The van der Waals surface area contributed by atoms with Crippen LogP contribution in [0.25, 0.3) is 0 Å². The average molecular weight is 553 g/mol. The van der Waals surface area contributed by atoms with E-state index in [0.717, 1.165) is 6.20 Å². The molecule has 0 aromatic carbocycles. The Balaban J connectivity index is 1.44. The zero-order valence-corrected chi connectivity index (χ0v) is 20.3. The van der Waals surface area contributed by atoms with Gasteiger partial charge in [0, 0.05) is 32.2 Å². The predicted molar refractivity (Wildman–Crippen MR) is 121 cm³/mol. The van der Waals surface area contributed by atoms with Crippen LogP contribution in [0.5, 0.6) is 5.88 Å². The lowest BCUT2D eigenvalue weighted by atomic mass is 10.2. The number of ether oxygens (including phenoxy) is 2. The highest BCUT2D eigenvalue weighted by molar-refractivity contribution is 5.76. The lowest BCUT2D eigenvalue weighted by molar-refractivity contribution is -0.141. The highest BCUT2D eigenvalue weighted by atomic mass is 19.4. The number of carbonyl (C=O) groups is 1. The van der Waals surface area contributed by atoms with Crippen molar-refractivity contribution in [2.45, 2.75) is 31.7 Å². The van der Waals surface area contributed by atoms with E-state index in [-0.39, 0.29) is 63.4 Å². The van der Waals surface area contributed by atoms with E-state index in [2.05, 4.69) is 20.4 Å². The van der Waals surface area contributed by atoms with Gasteiger partial charge in [-0.05, 0) is 6.92 Å². The summed E-state index contributed by atoms with van der Waals surface area (Å²) in [5.74, 6) is -0.357. The molecule has 1 atom stereocenters. The van der Waals surface area contributed by atoms with E-state index in [1.54, 1.807) is 21.8 Å². The van der Waals surface area contributed by atoms with E-state index >= 15 is 0 Å². The van der Waals surface area contributed by atoms with Gasteiger partial charge < -0.3 is 24.6 Å². The van der Waals surface area contributed by atoms with Gasteiger partial charge in [0.05, 0.1) is 44.8 Å². The number of aromatic nitrogens is 4. The van der Waals surface area contributed by atoms with Crippen LogP contribution in [-0.2, 0) is 21.9 Å². The van der Waals surface area contributed by atoms with Crippen molar-refractivity contribution in [2.75, 3.05) is 56.7 Å². The van der Waals surface area contributed by atoms with Crippen molar-refractivity contribution < 1.29 is 40.6 Å². The van der Waals surface area contributed by atoms with Crippen molar-refractivity contribution in [1.82, 2.24) is 25.1 Å². The van der Waals surface area contributed by atoms with Crippen LogP contribution in [0, 0.1) is 0 Å². The molecule has 1 amide bonds. The molecule has 2 N–H and O–H groups in total. The fourth-order valence-corrected chi connectivity index (χ4v) is 3.70. The van der Waals surface area contributed by atoms with E-state index in [1.807, 2.05) is 0 Å². The van der Waals surface area contributed by atoms with Crippen molar-refractivity contribution in [1.29, 1.82) is 0 Å². The first-order valence-electron chi connectivity index (χ1n) is 11.3. The molecule has 1 saturated heterocycles. The first kappa shape index (κ1) is 28.9. The van der Waals surface area contributed by atoms with Gasteiger partial charge in [-0.2, -0.15) is 31.4 Å². The Bertz CT molecular complexity index is 1170. The third-order valence-electron chi connectivity index (χ3n) is 5.51. The fraction of sp³-hybridized carbons (Fsp3) is 0.571. The van der Waals surface area contributed by atoms with Crippen LogP contribution >= 0.6 is 0 Å². The monoisotopic (exact) mass is 553 g/mol. The Labute approximate surface area is 212 Å². The van der Waals surface area contributed by atoms with Gasteiger partial charge in [0.2, 0.25) is 5.91 Å². The summed E-state index contributed by atoms with van der Waals surface area (Å²) in [6.45, 7) is 2.63. The number of nitrogens with zero attached hydrogens (tertiary/aromatic N) is 5. The third-order valence-corrected chi connectivity index (χ3v) is 5.51. The quantitative estimate of drug-likeness (QED) is 0.355. The van der Waals surface area contributed by atoms with Crippen LogP contribution < -0.4 is 20.5 Å². The maximum atomic E-state index is 13.1. The number of amides is 1. The molecule has 0 aliphatic carbocycles. The Morgan fingerprint density at radius 3 is 2.42 bits per heavy atom. The van der Waals surface area contributed by atoms with Crippen LogP contribution in [0.2, 0.25) is 0 Å². The number of methoxy groups -OCH3 is 1. The number of alkyl halides is 6. The minimum Gasteiger partial charge on any atom is -0.478 e. The number of hydrogen-bond acceptors (Lipinski definition) is 9. The molecule has 210 valence electrons. The molecule has 3 heterocycles. The molecule has 2 aromatic rings. The third kappa shape index (κ3) is 7.23. The van der Waals surface area contributed by atoms with E-state index in [9.17, 15) is 35.9 Å². The van der Waals surface area contributed by atoms with E-state index in [4.69, 9.17) is 9.47 Å². The minimum atomic E-state index is -4.87. The van der Waals surface area contributed by atoms with E-state index in [1.165, 1.54) is 7.11 Å². The summed E-state index contributed by atoms with van der Waals surface area (Å²) in [6, 6.07) is -0.627. The van der Waals surface area contributed by atoms with E-state index < -0.39 is 40.9 Å². The molecule has 2 aromatic heterocycles. The number of halogens is 6. The minimum absolute atomic E-state index is 0.00300. The van der Waals surface area contributed by atoms with Gasteiger partial charge in [0.1, 0.15) is 5.56 Å². The van der Waals surface area contributed by atoms with Crippen LogP contribution in [0.15, 0.2) is 17.2 Å². The largest absolute Gasteiger partial charge is 0.478 e. The van der Waals surface area contributed by atoms with Crippen molar-refractivity contribution in [3.8, 4) is 5.88 Å². The summed E-state index contributed by atoms with van der Waals surface area (Å²) >= 11 is 0. The number of carbonyl (C=O) groups excluding carboxylic acids is 1. The van der Waals surface area contributed by atoms with Crippen LogP contribution in [0.3, 0.4) is 0 Å². The van der Waals surface area contributed by atoms with Crippen LogP contribution in [-0.4, -0.2) is 83.5 Å². The number of rotatable bonds is 9. The van der Waals surface area contributed by atoms with Gasteiger partial charge in [-0.1, -0.05) is 0 Å². The van der Waals surface area contributed by atoms with Crippen molar-refractivity contribution in [3.63, 3.8) is 0 Å². The zero-order chi connectivity index (χ0) is 28.1. The molecule has 17 heteroatoms. The second kappa shape index (κ2) is 11.8. The number of piperazine rings is 1. The first-order chi connectivity index (χ1) is 17.8. The molecule has 0 radical (unpaired) electrons. The van der Waals surface area contributed by atoms with Crippen molar-refractivity contribution >= 4 is 17.4 Å². The summed E-state index contributed by atoms with van der Waals surface area (Å²) in [4.78, 5) is 34.6. The number of anilines is 2. The SMILES string of the molecule is COc1nc(C(F)(F)F)cnc1N1CCN(C(=O)CCOC[C@H](C)Nc2cn[nH]c(=O)c2C(F)(F)F)CC1. The second-order valence-corrected chi connectivity index (χ2v) is 8.31. The van der Waals surface area contributed by atoms with Crippen molar-refractivity contribution in [3.05, 3.63) is 34.0 Å². The molecular formula is C21H25F6N7O4. The molecule has 0 bridgehead atoms. The predicted octanol–water partition coefficient (Wildman–Crippen LogP) is 2.16. The highest BCUT2D eigenvalue weighted by Gasteiger charge is 2.38. The van der Waals surface area contributed by atoms with Gasteiger partial charge in [0.25, 0.3) is 11.4 Å². The zero-order valence-electron chi connectivity index (χ0n) is 20.3. The van der Waals surface area contributed by atoms with Gasteiger partial charge >= 0.3 is 12.4 Å². The number of aromatic amines is 1. The summed E-state index contributed by atoms with van der Waals surface area (Å²) in [5.41, 5.74) is -4.43. The molecule has 1 aliphatic rings. The summed E-state index contributed by atoms with van der Waals surface area (Å²) < 4.78 is 88.4. The summed E-state index contributed by atoms with van der Waals surface area (Å²) in [7, 11) is 1.19. The molecule has 11 nitrogen and oxygen atoms in total. The second-order valence-electron chi connectivity index (χ2n) is 8.31. The number of hydrogen-bond donors (Lipinski definition) is 2. The summed E-state index contributed by atoms with van der Waals surface area (Å²) in [5, 5.41) is 7.66. The smallest absolute Gasteiger partial charge is 0.435 e. The fourth-order valence-electron chi connectivity index (χ4n) is 3.70. The highest BCUT2D eigenvalue weighted by Crippen LogP contribution is 2.33. The molecule has 1 fully saturated rings. The first-order valence-corrected chi connectivity index (χ1v) is 11.3. The number of H-pyrrole nitrogens is 1. The molecule has 0 unspecified atom stereocenters. The van der Waals surface area contributed by atoms with Crippen LogP contribution in [0.1, 0.15) is 24.6 Å². The maximum Gasteiger partial charge on any atom is 0.435 e. The normalized spacial score (nSPS) is 15.4. The van der Waals surface area contributed by atoms with Gasteiger partial charge in [-0.25, -0.2) is 15.1 Å².